The van der Waals surface area contributed by atoms with Gasteiger partial charge in [-0.25, -0.2) is 4.39 Å². The van der Waals surface area contributed by atoms with Crippen molar-refractivity contribution in [2.45, 2.75) is 37.9 Å². The van der Waals surface area contributed by atoms with Crippen molar-refractivity contribution in [1.29, 1.82) is 0 Å². The van der Waals surface area contributed by atoms with Crippen LogP contribution in [-0.4, -0.2) is 18.1 Å². The Morgan fingerprint density at radius 2 is 2.33 bits per heavy atom. The largest absolute Gasteiger partial charge is 0.350 e. The normalized spacial score (nSPS) is 29.4. The number of rotatable bonds is 2. The van der Waals surface area contributed by atoms with Gasteiger partial charge >= 0.3 is 0 Å². The van der Waals surface area contributed by atoms with Crippen molar-refractivity contribution >= 4 is 5.91 Å². The van der Waals surface area contributed by atoms with Crippen LogP contribution < -0.4 is 5.32 Å². The minimum atomic E-state index is -0.742. The van der Waals surface area contributed by atoms with Crippen molar-refractivity contribution in [2.24, 2.45) is 0 Å². The Labute approximate surface area is 71.8 Å². The van der Waals surface area contributed by atoms with E-state index in [1.54, 1.807) is 0 Å². The van der Waals surface area contributed by atoms with Crippen molar-refractivity contribution in [3.8, 4) is 0 Å². The molecular weight excluding hydrogens is 157 g/mol. The van der Waals surface area contributed by atoms with Gasteiger partial charge in [0.25, 0.3) is 0 Å². The van der Waals surface area contributed by atoms with Crippen molar-refractivity contribution in [2.75, 3.05) is 0 Å². The zero-order chi connectivity index (χ0) is 8.97. The molecule has 1 N–H and O–H groups in total. The highest BCUT2D eigenvalue weighted by molar-refractivity contribution is 5.87. The van der Waals surface area contributed by atoms with Crippen LogP contribution >= 0.6 is 0 Å². The van der Waals surface area contributed by atoms with Crippen LogP contribution in [0.1, 0.15) is 25.7 Å². The van der Waals surface area contributed by atoms with Crippen LogP contribution in [0.4, 0.5) is 4.39 Å². The van der Waals surface area contributed by atoms with Crippen LogP contribution in [-0.2, 0) is 4.79 Å². The number of carbonyl (C=O) groups excluding carboxylic acids is 1. The molecule has 2 atom stereocenters. The molecule has 0 spiro atoms. The first kappa shape index (κ1) is 9.23. The first-order chi connectivity index (χ1) is 5.72. The number of carbonyl (C=O) groups is 1. The summed E-state index contributed by atoms with van der Waals surface area (Å²) in [7, 11) is 0. The second-order valence-electron chi connectivity index (χ2n) is 3.17. The molecule has 1 aliphatic rings. The lowest BCUT2D eigenvalue weighted by Gasteiger charge is -2.24. The summed E-state index contributed by atoms with van der Waals surface area (Å²) in [6, 6.07) is 0.0132. The Morgan fingerprint density at radius 3 is 2.92 bits per heavy atom. The number of halogens is 1. The zero-order valence-electron chi connectivity index (χ0n) is 7.05. The van der Waals surface area contributed by atoms with Gasteiger partial charge in [-0.2, -0.15) is 0 Å². The van der Waals surface area contributed by atoms with E-state index in [1.807, 2.05) is 0 Å². The molecule has 1 rings (SSSR count). The molecule has 0 aromatic heterocycles. The van der Waals surface area contributed by atoms with Gasteiger partial charge in [0.05, 0.1) is 0 Å². The summed E-state index contributed by atoms with van der Waals surface area (Å²) in [4.78, 5) is 10.8. The van der Waals surface area contributed by atoms with Gasteiger partial charge in [-0.3, -0.25) is 4.79 Å². The molecule has 0 aliphatic heterocycles. The monoisotopic (exact) mass is 171 g/mol. The molecule has 0 bridgehead atoms. The summed E-state index contributed by atoms with van der Waals surface area (Å²) in [5.41, 5.74) is 0. The third-order valence-electron chi connectivity index (χ3n) is 2.14. The average Bonchev–Trinajstić information content (AvgIpc) is 2.04. The summed E-state index contributed by atoms with van der Waals surface area (Å²) in [5.74, 6) is -0.200. The second-order valence-corrected chi connectivity index (χ2v) is 3.17. The van der Waals surface area contributed by atoms with E-state index in [4.69, 9.17) is 0 Å². The van der Waals surface area contributed by atoms with Crippen molar-refractivity contribution in [3.05, 3.63) is 12.7 Å². The second kappa shape index (κ2) is 4.24. The summed E-state index contributed by atoms with van der Waals surface area (Å²) in [6.45, 7) is 3.34. The van der Waals surface area contributed by atoms with Crippen molar-refractivity contribution in [1.82, 2.24) is 5.32 Å². The SMILES string of the molecule is C=CC(=O)NC1CCCC(F)C1. The molecule has 2 unspecified atom stereocenters. The van der Waals surface area contributed by atoms with E-state index in [1.165, 1.54) is 6.08 Å². The predicted molar refractivity (Wildman–Crippen MR) is 45.5 cm³/mol. The highest BCUT2D eigenvalue weighted by Crippen LogP contribution is 2.20. The lowest BCUT2D eigenvalue weighted by molar-refractivity contribution is -0.117. The van der Waals surface area contributed by atoms with Crippen molar-refractivity contribution in [3.63, 3.8) is 0 Å². The molecule has 1 saturated carbocycles. The standard InChI is InChI=1S/C9H14FNO/c1-2-9(12)11-8-5-3-4-7(10)6-8/h2,7-8H,1,3-6H2,(H,11,12). The fourth-order valence-electron chi connectivity index (χ4n) is 1.52. The molecular formula is C9H14FNO. The topological polar surface area (TPSA) is 29.1 Å². The molecule has 0 aromatic rings. The number of hydrogen-bond donors (Lipinski definition) is 1. The maximum atomic E-state index is 12.8. The first-order valence-electron chi connectivity index (χ1n) is 4.29. The minimum absolute atomic E-state index is 0.0132. The quantitative estimate of drug-likeness (QED) is 0.628. The number of amides is 1. The van der Waals surface area contributed by atoms with E-state index in [0.717, 1.165) is 12.8 Å². The number of hydrogen-bond acceptors (Lipinski definition) is 1. The van der Waals surface area contributed by atoms with Gasteiger partial charge in [0.2, 0.25) is 5.91 Å². The highest BCUT2D eigenvalue weighted by Gasteiger charge is 2.21. The van der Waals surface area contributed by atoms with Gasteiger partial charge < -0.3 is 5.32 Å². The maximum Gasteiger partial charge on any atom is 0.243 e. The Bertz CT molecular complexity index is 181. The van der Waals surface area contributed by atoms with Gasteiger partial charge in [-0.1, -0.05) is 6.58 Å². The van der Waals surface area contributed by atoms with Crippen LogP contribution in [0.5, 0.6) is 0 Å². The molecule has 2 nitrogen and oxygen atoms in total. The molecule has 0 aromatic carbocycles. The maximum absolute atomic E-state index is 12.8. The third-order valence-corrected chi connectivity index (χ3v) is 2.14. The third kappa shape index (κ3) is 2.64. The average molecular weight is 171 g/mol. The molecule has 12 heavy (non-hydrogen) atoms. The van der Waals surface area contributed by atoms with E-state index in [-0.39, 0.29) is 11.9 Å². The van der Waals surface area contributed by atoms with E-state index in [0.29, 0.717) is 12.8 Å². The van der Waals surface area contributed by atoms with E-state index >= 15 is 0 Å². The van der Waals surface area contributed by atoms with Crippen LogP contribution in [0.2, 0.25) is 0 Å². The smallest absolute Gasteiger partial charge is 0.243 e. The Balaban J connectivity index is 2.31. The van der Waals surface area contributed by atoms with Crippen LogP contribution in [0.3, 0.4) is 0 Å². The Morgan fingerprint density at radius 1 is 1.58 bits per heavy atom. The van der Waals surface area contributed by atoms with Crippen molar-refractivity contribution < 1.29 is 9.18 Å². The summed E-state index contributed by atoms with van der Waals surface area (Å²) in [5, 5.41) is 2.70. The van der Waals surface area contributed by atoms with Crippen LogP contribution in [0.25, 0.3) is 0 Å². The minimum Gasteiger partial charge on any atom is -0.350 e. The van der Waals surface area contributed by atoms with Gasteiger partial charge in [-0.05, 0) is 31.8 Å². The first-order valence-corrected chi connectivity index (χ1v) is 4.29. The Hall–Kier alpha value is -0.860. The summed E-state index contributed by atoms with van der Waals surface area (Å²) >= 11 is 0. The molecule has 0 saturated heterocycles. The van der Waals surface area contributed by atoms with E-state index in [2.05, 4.69) is 11.9 Å². The predicted octanol–water partition coefficient (Wildman–Crippen LogP) is 1.57. The lowest BCUT2D eigenvalue weighted by atomic mass is 9.94. The molecule has 68 valence electrons. The lowest BCUT2D eigenvalue weighted by Crippen LogP contribution is -2.37. The van der Waals surface area contributed by atoms with Gasteiger partial charge in [0.15, 0.2) is 0 Å². The van der Waals surface area contributed by atoms with Crippen LogP contribution in [0.15, 0.2) is 12.7 Å². The molecule has 0 radical (unpaired) electrons. The fourth-order valence-corrected chi connectivity index (χ4v) is 1.52. The van der Waals surface area contributed by atoms with Gasteiger partial charge in [0, 0.05) is 6.04 Å². The van der Waals surface area contributed by atoms with Gasteiger partial charge in [-0.15, -0.1) is 0 Å². The zero-order valence-corrected chi connectivity index (χ0v) is 7.05. The molecule has 1 fully saturated rings. The molecule has 0 heterocycles. The molecule has 1 aliphatic carbocycles. The highest BCUT2D eigenvalue weighted by atomic mass is 19.1. The van der Waals surface area contributed by atoms with E-state index in [9.17, 15) is 9.18 Å². The number of alkyl halides is 1. The fraction of sp³-hybridized carbons (Fsp3) is 0.667. The van der Waals surface area contributed by atoms with E-state index < -0.39 is 6.17 Å². The van der Waals surface area contributed by atoms with Gasteiger partial charge in [0.1, 0.15) is 6.17 Å². The molecule has 3 heteroatoms. The van der Waals surface area contributed by atoms with Crippen LogP contribution in [0, 0.1) is 0 Å². The molecule has 1 amide bonds. The Kier molecular flexibility index (Phi) is 3.26. The summed E-state index contributed by atoms with van der Waals surface area (Å²) < 4.78 is 12.8. The summed E-state index contributed by atoms with van der Waals surface area (Å²) in [6.07, 6.45) is 3.33. The number of nitrogens with one attached hydrogen (secondary N) is 1.